The van der Waals surface area contributed by atoms with E-state index >= 15 is 0 Å². The van der Waals surface area contributed by atoms with Gasteiger partial charge in [0.15, 0.2) is 0 Å². The van der Waals surface area contributed by atoms with Crippen LogP contribution in [0.3, 0.4) is 0 Å². The molecule has 112 valence electrons. The summed E-state index contributed by atoms with van der Waals surface area (Å²) in [6.07, 6.45) is 0. The Bertz CT molecular complexity index is 594. The molecule has 0 aliphatic carbocycles. The molecule has 0 aliphatic heterocycles. The Morgan fingerprint density at radius 2 is 1.48 bits per heavy atom. The van der Waals surface area contributed by atoms with E-state index in [1.807, 2.05) is 30.3 Å². The first-order valence-corrected chi connectivity index (χ1v) is 7.73. The first-order valence-electron chi connectivity index (χ1n) is 6.98. The van der Waals surface area contributed by atoms with Crippen molar-refractivity contribution in [1.29, 1.82) is 0 Å². The zero-order chi connectivity index (χ0) is 15.4. The summed E-state index contributed by atoms with van der Waals surface area (Å²) in [7, 11) is 0. The lowest BCUT2D eigenvalue weighted by Crippen LogP contribution is -2.29. The quantitative estimate of drug-likeness (QED) is 0.786. The Morgan fingerprint density at radius 3 is 2.05 bits per heavy atom. The van der Waals surface area contributed by atoms with Crippen LogP contribution in [-0.4, -0.2) is 10.9 Å². The van der Waals surface area contributed by atoms with E-state index in [0.717, 1.165) is 24.3 Å². The van der Waals surface area contributed by atoms with Crippen molar-refractivity contribution in [3.05, 3.63) is 63.6 Å². The van der Waals surface area contributed by atoms with Crippen molar-refractivity contribution < 1.29 is 0 Å². The Kier molecular flexibility index (Phi) is 5.51. The van der Waals surface area contributed by atoms with E-state index in [1.54, 1.807) is 0 Å². The third-order valence-electron chi connectivity index (χ3n) is 3.47. The van der Waals surface area contributed by atoms with Crippen LogP contribution in [-0.2, 0) is 13.1 Å². The third kappa shape index (κ3) is 4.63. The van der Waals surface area contributed by atoms with Crippen molar-refractivity contribution in [2.75, 3.05) is 5.73 Å². The van der Waals surface area contributed by atoms with E-state index in [0.29, 0.717) is 16.1 Å². The Labute approximate surface area is 136 Å². The topological polar surface area (TPSA) is 29.3 Å². The highest BCUT2D eigenvalue weighted by Gasteiger charge is 2.12. The molecule has 2 aromatic rings. The van der Waals surface area contributed by atoms with Crippen molar-refractivity contribution >= 4 is 28.9 Å². The molecular formula is C17H20Cl2N2. The Morgan fingerprint density at radius 1 is 0.905 bits per heavy atom. The molecule has 0 atom stereocenters. The molecule has 2 N–H and O–H groups in total. The van der Waals surface area contributed by atoms with E-state index < -0.39 is 0 Å². The number of anilines is 1. The van der Waals surface area contributed by atoms with Crippen LogP contribution in [0, 0.1) is 0 Å². The van der Waals surface area contributed by atoms with Gasteiger partial charge in [-0.2, -0.15) is 0 Å². The summed E-state index contributed by atoms with van der Waals surface area (Å²) < 4.78 is 0. The van der Waals surface area contributed by atoms with Gasteiger partial charge in [-0.05, 0) is 49.2 Å². The van der Waals surface area contributed by atoms with Gasteiger partial charge in [-0.3, -0.25) is 4.90 Å². The van der Waals surface area contributed by atoms with Gasteiger partial charge in [0.2, 0.25) is 0 Å². The average molecular weight is 323 g/mol. The first kappa shape index (κ1) is 16.2. The van der Waals surface area contributed by atoms with Gasteiger partial charge in [0.1, 0.15) is 0 Å². The maximum atomic E-state index is 6.09. The van der Waals surface area contributed by atoms with Gasteiger partial charge in [-0.25, -0.2) is 0 Å². The number of halogens is 2. The summed E-state index contributed by atoms with van der Waals surface area (Å²) in [5.41, 5.74) is 8.93. The number of hydrogen-bond acceptors (Lipinski definition) is 2. The largest absolute Gasteiger partial charge is 0.399 e. The lowest BCUT2D eigenvalue weighted by atomic mass is 10.1. The first-order chi connectivity index (χ1) is 9.95. The maximum absolute atomic E-state index is 6.09. The fourth-order valence-corrected chi connectivity index (χ4v) is 2.47. The van der Waals surface area contributed by atoms with Gasteiger partial charge in [0, 0.05) is 24.8 Å². The second-order valence-corrected chi connectivity index (χ2v) is 6.30. The second-order valence-electron chi connectivity index (χ2n) is 5.49. The molecule has 4 heteroatoms. The average Bonchev–Trinajstić information content (AvgIpc) is 2.44. The van der Waals surface area contributed by atoms with Crippen molar-refractivity contribution in [1.82, 2.24) is 4.90 Å². The zero-order valence-electron chi connectivity index (χ0n) is 12.3. The molecule has 0 saturated carbocycles. The molecule has 0 amide bonds. The minimum Gasteiger partial charge on any atom is -0.399 e. The molecule has 2 rings (SSSR count). The van der Waals surface area contributed by atoms with Gasteiger partial charge in [-0.15, -0.1) is 0 Å². The van der Waals surface area contributed by atoms with E-state index in [-0.39, 0.29) is 0 Å². The normalized spacial score (nSPS) is 11.3. The summed E-state index contributed by atoms with van der Waals surface area (Å²) in [5.74, 6) is 0. The monoisotopic (exact) mass is 322 g/mol. The molecule has 0 spiro atoms. The molecule has 21 heavy (non-hydrogen) atoms. The highest BCUT2D eigenvalue weighted by atomic mass is 35.5. The molecule has 0 unspecified atom stereocenters. The number of hydrogen-bond donors (Lipinski definition) is 1. The maximum Gasteiger partial charge on any atom is 0.0595 e. The van der Waals surface area contributed by atoms with Crippen LogP contribution in [0.5, 0.6) is 0 Å². The lowest BCUT2D eigenvalue weighted by Gasteiger charge is -2.27. The van der Waals surface area contributed by atoms with E-state index in [1.165, 1.54) is 5.56 Å². The minimum atomic E-state index is 0.428. The summed E-state index contributed by atoms with van der Waals surface area (Å²) in [6, 6.07) is 14.2. The van der Waals surface area contributed by atoms with Crippen LogP contribution >= 0.6 is 23.2 Å². The summed E-state index contributed by atoms with van der Waals surface area (Å²) in [5, 5.41) is 1.19. The fraction of sp³-hybridized carbons (Fsp3) is 0.294. The smallest absolute Gasteiger partial charge is 0.0595 e. The molecule has 0 radical (unpaired) electrons. The number of nitrogens with zero attached hydrogens (tertiary/aromatic N) is 1. The van der Waals surface area contributed by atoms with E-state index in [2.05, 4.69) is 30.9 Å². The molecule has 0 bridgehead atoms. The highest BCUT2D eigenvalue weighted by Crippen LogP contribution is 2.24. The van der Waals surface area contributed by atoms with Gasteiger partial charge in [-0.1, -0.05) is 41.4 Å². The standard InChI is InChI=1S/C17H20Cl2N2/c1-12(2)21(10-13-3-6-15(20)7-4-13)11-14-5-8-16(18)17(19)9-14/h3-9,12H,10-11,20H2,1-2H3. The SMILES string of the molecule is CC(C)N(Cc1ccc(N)cc1)Cc1ccc(Cl)c(Cl)c1. The predicted octanol–water partition coefficient (Wildman–Crippen LogP) is 4.99. The van der Waals surface area contributed by atoms with Crippen LogP contribution in [0.2, 0.25) is 10.0 Å². The highest BCUT2D eigenvalue weighted by molar-refractivity contribution is 6.42. The molecule has 0 heterocycles. The molecule has 0 saturated heterocycles. The number of nitrogen functional groups attached to an aromatic ring is 1. The minimum absolute atomic E-state index is 0.428. The number of nitrogens with two attached hydrogens (primary N) is 1. The fourth-order valence-electron chi connectivity index (χ4n) is 2.15. The van der Waals surface area contributed by atoms with Gasteiger partial charge < -0.3 is 5.73 Å². The third-order valence-corrected chi connectivity index (χ3v) is 4.20. The van der Waals surface area contributed by atoms with Gasteiger partial charge in [0.05, 0.1) is 10.0 Å². The van der Waals surface area contributed by atoms with Crippen LogP contribution in [0.25, 0.3) is 0 Å². The van der Waals surface area contributed by atoms with Gasteiger partial charge in [0.25, 0.3) is 0 Å². The van der Waals surface area contributed by atoms with Crippen molar-refractivity contribution in [2.45, 2.75) is 33.0 Å². The van der Waals surface area contributed by atoms with Crippen LogP contribution in [0.4, 0.5) is 5.69 Å². The molecular weight excluding hydrogens is 303 g/mol. The predicted molar refractivity (Wildman–Crippen MR) is 91.7 cm³/mol. The molecule has 0 aromatic heterocycles. The van der Waals surface area contributed by atoms with Crippen molar-refractivity contribution in [3.8, 4) is 0 Å². The van der Waals surface area contributed by atoms with Crippen LogP contribution < -0.4 is 5.73 Å². The summed E-state index contributed by atoms with van der Waals surface area (Å²) >= 11 is 12.1. The van der Waals surface area contributed by atoms with Crippen LogP contribution in [0.1, 0.15) is 25.0 Å². The number of rotatable bonds is 5. The molecule has 2 nitrogen and oxygen atoms in total. The van der Waals surface area contributed by atoms with Crippen LogP contribution in [0.15, 0.2) is 42.5 Å². The number of benzene rings is 2. The van der Waals surface area contributed by atoms with Crippen molar-refractivity contribution in [3.63, 3.8) is 0 Å². The van der Waals surface area contributed by atoms with Crippen molar-refractivity contribution in [2.24, 2.45) is 0 Å². The lowest BCUT2D eigenvalue weighted by molar-refractivity contribution is 0.203. The second kappa shape index (κ2) is 7.17. The molecule has 0 fully saturated rings. The van der Waals surface area contributed by atoms with Gasteiger partial charge >= 0.3 is 0 Å². The Balaban J connectivity index is 2.11. The summed E-state index contributed by atoms with van der Waals surface area (Å²) in [6.45, 7) is 6.08. The summed E-state index contributed by atoms with van der Waals surface area (Å²) in [4.78, 5) is 2.38. The zero-order valence-corrected chi connectivity index (χ0v) is 13.8. The Hall–Kier alpha value is -1.22. The van der Waals surface area contributed by atoms with E-state index in [4.69, 9.17) is 28.9 Å². The molecule has 0 aliphatic rings. The molecule has 2 aromatic carbocycles. The van der Waals surface area contributed by atoms with E-state index in [9.17, 15) is 0 Å².